The fourth-order valence-electron chi connectivity index (χ4n) is 2.64. The molecule has 134 valence electrons. The van der Waals surface area contributed by atoms with Gasteiger partial charge >= 0.3 is 6.18 Å². The molecule has 3 rings (SSSR count). The molecule has 1 aliphatic heterocycles. The summed E-state index contributed by atoms with van der Waals surface area (Å²) in [5, 5.41) is 0. The zero-order chi connectivity index (χ0) is 18.1. The maximum absolute atomic E-state index is 12.6. The number of hydrogen-bond acceptors (Lipinski definition) is 4. The van der Waals surface area contributed by atoms with E-state index in [9.17, 15) is 21.6 Å². The third kappa shape index (κ3) is 3.77. The number of hydrogen-bond donors (Lipinski definition) is 0. The molecule has 0 unspecified atom stereocenters. The summed E-state index contributed by atoms with van der Waals surface area (Å²) < 4.78 is 64.2. The number of halogens is 3. The Kier molecular flexibility index (Phi) is 4.70. The van der Waals surface area contributed by atoms with Gasteiger partial charge in [0.05, 0.1) is 10.5 Å². The van der Waals surface area contributed by atoms with Crippen LogP contribution in [0.3, 0.4) is 0 Å². The second-order valence-corrected chi connectivity index (χ2v) is 7.54. The maximum Gasteiger partial charge on any atom is 0.417 e. The van der Waals surface area contributed by atoms with Gasteiger partial charge in [-0.1, -0.05) is 18.2 Å². The summed E-state index contributed by atoms with van der Waals surface area (Å²) in [5.74, 6) is 0.407. The van der Waals surface area contributed by atoms with E-state index in [0.29, 0.717) is 18.9 Å². The number of aromatic nitrogens is 1. The second-order valence-electron chi connectivity index (χ2n) is 5.61. The van der Waals surface area contributed by atoms with E-state index in [0.717, 1.165) is 12.3 Å². The smallest absolute Gasteiger partial charge is 0.354 e. The predicted octanol–water partition coefficient (Wildman–Crippen LogP) is 2.61. The Bertz CT molecular complexity index is 816. The number of nitrogens with zero attached hydrogens (tertiary/aromatic N) is 3. The lowest BCUT2D eigenvalue weighted by Gasteiger charge is -2.34. The van der Waals surface area contributed by atoms with Crippen molar-refractivity contribution in [1.82, 2.24) is 9.29 Å². The van der Waals surface area contributed by atoms with E-state index >= 15 is 0 Å². The van der Waals surface area contributed by atoms with Gasteiger partial charge in [0.1, 0.15) is 5.82 Å². The molecular weight excluding hydrogens is 355 g/mol. The second kappa shape index (κ2) is 6.64. The lowest BCUT2D eigenvalue weighted by atomic mass is 10.2. The molecule has 0 saturated carbocycles. The van der Waals surface area contributed by atoms with Gasteiger partial charge in [-0.2, -0.15) is 17.5 Å². The van der Waals surface area contributed by atoms with Crippen molar-refractivity contribution in [1.29, 1.82) is 0 Å². The van der Waals surface area contributed by atoms with E-state index in [1.165, 1.54) is 10.4 Å². The number of rotatable bonds is 3. The molecule has 1 aromatic heterocycles. The normalized spacial score (nSPS) is 16.8. The van der Waals surface area contributed by atoms with Gasteiger partial charge in [-0.25, -0.2) is 13.4 Å². The van der Waals surface area contributed by atoms with Crippen LogP contribution in [0.1, 0.15) is 5.56 Å². The number of piperazine rings is 1. The quantitative estimate of drug-likeness (QED) is 0.832. The number of anilines is 1. The van der Waals surface area contributed by atoms with Crippen molar-refractivity contribution in [3.05, 3.63) is 54.2 Å². The first-order valence-corrected chi connectivity index (χ1v) is 9.06. The lowest BCUT2D eigenvalue weighted by Crippen LogP contribution is -2.48. The Labute approximate surface area is 143 Å². The van der Waals surface area contributed by atoms with Crippen LogP contribution in [0.4, 0.5) is 19.0 Å². The summed E-state index contributed by atoms with van der Waals surface area (Å²) in [7, 11) is -3.56. The Morgan fingerprint density at radius 3 is 2.08 bits per heavy atom. The Hall–Kier alpha value is -2.13. The fraction of sp³-hybridized carbons (Fsp3) is 0.312. The topological polar surface area (TPSA) is 53.5 Å². The van der Waals surface area contributed by atoms with Gasteiger partial charge in [-0.05, 0) is 24.3 Å². The molecule has 2 heterocycles. The van der Waals surface area contributed by atoms with Crippen LogP contribution >= 0.6 is 0 Å². The van der Waals surface area contributed by atoms with Crippen LogP contribution in [-0.4, -0.2) is 43.9 Å². The molecule has 0 spiro atoms. The largest absolute Gasteiger partial charge is 0.417 e. The van der Waals surface area contributed by atoms with Crippen LogP contribution in [0.15, 0.2) is 53.6 Å². The first-order valence-electron chi connectivity index (χ1n) is 7.62. The third-order valence-corrected chi connectivity index (χ3v) is 5.93. The molecule has 0 amide bonds. The summed E-state index contributed by atoms with van der Waals surface area (Å²) in [5.41, 5.74) is -0.804. The minimum Gasteiger partial charge on any atom is -0.354 e. The molecule has 0 aliphatic carbocycles. The number of benzene rings is 1. The van der Waals surface area contributed by atoms with Gasteiger partial charge in [-0.3, -0.25) is 0 Å². The van der Waals surface area contributed by atoms with Crippen molar-refractivity contribution in [3.8, 4) is 0 Å². The van der Waals surface area contributed by atoms with Crippen LogP contribution in [0.25, 0.3) is 0 Å². The Morgan fingerprint density at radius 1 is 0.920 bits per heavy atom. The molecule has 0 N–H and O–H groups in total. The fourth-order valence-corrected chi connectivity index (χ4v) is 4.08. The maximum atomic E-state index is 12.6. The van der Waals surface area contributed by atoms with Crippen molar-refractivity contribution >= 4 is 15.8 Å². The highest BCUT2D eigenvalue weighted by atomic mass is 32.2. The molecule has 2 aromatic rings. The van der Waals surface area contributed by atoms with Crippen molar-refractivity contribution in [2.45, 2.75) is 11.1 Å². The minimum absolute atomic E-state index is 0.233. The molecular formula is C16H16F3N3O2S. The molecule has 0 radical (unpaired) electrons. The highest BCUT2D eigenvalue weighted by Gasteiger charge is 2.32. The van der Waals surface area contributed by atoms with Crippen molar-refractivity contribution in [3.63, 3.8) is 0 Å². The number of alkyl halides is 3. The van der Waals surface area contributed by atoms with Crippen LogP contribution in [0.5, 0.6) is 0 Å². The average Bonchev–Trinajstić information content (AvgIpc) is 2.62. The molecule has 0 bridgehead atoms. The summed E-state index contributed by atoms with van der Waals surface area (Å²) in [4.78, 5) is 5.86. The van der Waals surface area contributed by atoms with E-state index in [1.54, 1.807) is 35.2 Å². The first-order chi connectivity index (χ1) is 11.8. The molecule has 1 saturated heterocycles. The Balaban J connectivity index is 1.68. The van der Waals surface area contributed by atoms with Gasteiger partial charge in [0.15, 0.2) is 0 Å². The molecule has 9 heteroatoms. The van der Waals surface area contributed by atoms with E-state index < -0.39 is 21.8 Å². The number of pyridine rings is 1. The average molecular weight is 371 g/mol. The van der Waals surface area contributed by atoms with E-state index in [-0.39, 0.29) is 18.0 Å². The van der Waals surface area contributed by atoms with Crippen LogP contribution < -0.4 is 4.90 Å². The van der Waals surface area contributed by atoms with Gasteiger partial charge < -0.3 is 4.90 Å². The van der Waals surface area contributed by atoms with E-state index in [1.807, 2.05) is 0 Å². The SMILES string of the molecule is O=S(=O)(c1ccccc1)N1CCN(c2ccc(C(F)(F)F)cn2)CC1. The van der Waals surface area contributed by atoms with Crippen molar-refractivity contribution < 1.29 is 21.6 Å². The highest BCUT2D eigenvalue weighted by molar-refractivity contribution is 7.89. The zero-order valence-electron chi connectivity index (χ0n) is 13.1. The predicted molar refractivity (Wildman–Crippen MR) is 86.7 cm³/mol. The summed E-state index contributed by atoms with van der Waals surface area (Å²) >= 11 is 0. The van der Waals surface area contributed by atoms with Gasteiger partial charge in [0.2, 0.25) is 10.0 Å². The molecule has 1 aromatic carbocycles. The summed E-state index contributed by atoms with van der Waals surface area (Å²) in [6.45, 7) is 1.23. The van der Waals surface area contributed by atoms with Crippen LogP contribution in [0.2, 0.25) is 0 Å². The lowest BCUT2D eigenvalue weighted by molar-refractivity contribution is -0.137. The van der Waals surface area contributed by atoms with E-state index in [2.05, 4.69) is 4.98 Å². The Morgan fingerprint density at radius 2 is 1.56 bits per heavy atom. The molecule has 1 fully saturated rings. The van der Waals surface area contributed by atoms with Crippen molar-refractivity contribution in [2.75, 3.05) is 31.1 Å². The molecule has 1 aliphatic rings. The monoisotopic (exact) mass is 371 g/mol. The molecule has 5 nitrogen and oxygen atoms in total. The summed E-state index contributed by atoms with van der Waals surface area (Å²) in [6, 6.07) is 10.4. The first kappa shape index (κ1) is 17.7. The third-order valence-electron chi connectivity index (χ3n) is 4.02. The van der Waals surface area contributed by atoms with Crippen molar-refractivity contribution in [2.24, 2.45) is 0 Å². The van der Waals surface area contributed by atoms with Gasteiger partial charge in [0.25, 0.3) is 0 Å². The minimum atomic E-state index is -4.42. The van der Waals surface area contributed by atoms with Gasteiger partial charge in [-0.15, -0.1) is 0 Å². The standard InChI is InChI=1S/C16H16F3N3O2S/c17-16(18,19)13-6-7-15(20-12-13)21-8-10-22(11-9-21)25(23,24)14-4-2-1-3-5-14/h1-7,12H,8-11H2. The van der Waals surface area contributed by atoms with Crippen LogP contribution in [0, 0.1) is 0 Å². The number of sulfonamides is 1. The zero-order valence-corrected chi connectivity index (χ0v) is 14.0. The van der Waals surface area contributed by atoms with E-state index in [4.69, 9.17) is 0 Å². The summed E-state index contributed by atoms with van der Waals surface area (Å²) in [6.07, 6.45) is -3.63. The van der Waals surface area contributed by atoms with Gasteiger partial charge in [0, 0.05) is 32.4 Å². The van der Waals surface area contributed by atoms with Crippen LogP contribution in [-0.2, 0) is 16.2 Å². The highest BCUT2D eigenvalue weighted by Crippen LogP contribution is 2.29. The molecule has 0 atom stereocenters. The molecule has 25 heavy (non-hydrogen) atoms.